The lowest BCUT2D eigenvalue weighted by Crippen LogP contribution is -2.43. The highest BCUT2D eigenvalue weighted by molar-refractivity contribution is 8.00. The fourth-order valence-corrected chi connectivity index (χ4v) is 4.92. The largest absolute Gasteiger partial charge is 0.311 e. The van der Waals surface area contributed by atoms with Gasteiger partial charge in [0, 0.05) is 12.2 Å². The van der Waals surface area contributed by atoms with Crippen molar-refractivity contribution in [3.63, 3.8) is 0 Å². The quantitative estimate of drug-likeness (QED) is 0.676. The zero-order valence-corrected chi connectivity index (χ0v) is 14.0. The van der Waals surface area contributed by atoms with Crippen LogP contribution >= 0.6 is 23.1 Å². The summed E-state index contributed by atoms with van der Waals surface area (Å²) in [5.74, 6) is 0.177. The molecule has 1 aliphatic heterocycles. The molecule has 1 aromatic carbocycles. The van der Waals surface area contributed by atoms with Gasteiger partial charge in [-0.1, -0.05) is 30.0 Å². The van der Waals surface area contributed by atoms with Crippen molar-refractivity contribution in [3.8, 4) is 0 Å². The first-order valence-electron chi connectivity index (χ1n) is 7.54. The van der Waals surface area contributed by atoms with E-state index in [-0.39, 0.29) is 11.2 Å². The predicted octanol–water partition coefficient (Wildman–Crippen LogP) is 3.98. The molecular formula is C17H15N3OS2. The van der Waals surface area contributed by atoms with Crippen molar-refractivity contribution in [2.75, 3.05) is 11.4 Å². The van der Waals surface area contributed by atoms with E-state index in [4.69, 9.17) is 0 Å². The molecule has 1 fully saturated rings. The van der Waals surface area contributed by atoms with Gasteiger partial charge in [-0.15, -0.1) is 11.3 Å². The van der Waals surface area contributed by atoms with Crippen LogP contribution in [0.2, 0.25) is 0 Å². The van der Waals surface area contributed by atoms with Crippen LogP contribution in [-0.2, 0) is 4.79 Å². The van der Waals surface area contributed by atoms with Gasteiger partial charge in [0.1, 0.15) is 11.4 Å². The van der Waals surface area contributed by atoms with Crippen molar-refractivity contribution in [2.24, 2.45) is 0 Å². The normalized spacial score (nSPS) is 18.5. The summed E-state index contributed by atoms with van der Waals surface area (Å²) in [5, 5.41) is 2.85. The molecule has 0 N–H and O–H groups in total. The molecule has 6 heteroatoms. The summed E-state index contributed by atoms with van der Waals surface area (Å²) in [6, 6.07) is 11.9. The maximum atomic E-state index is 12.9. The minimum atomic E-state index is -0.0795. The number of aromatic nitrogens is 2. The van der Waals surface area contributed by atoms with E-state index in [0.717, 1.165) is 40.3 Å². The van der Waals surface area contributed by atoms with Crippen LogP contribution in [0.5, 0.6) is 0 Å². The van der Waals surface area contributed by atoms with Crippen LogP contribution in [0.25, 0.3) is 10.2 Å². The maximum absolute atomic E-state index is 12.9. The molecule has 1 aliphatic rings. The third kappa shape index (κ3) is 2.84. The van der Waals surface area contributed by atoms with E-state index in [9.17, 15) is 4.79 Å². The van der Waals surface area contributed by atoms with Gasteiger partial charge >= 0.3 is 0 Å². The lowest BCUT2D eigenvalue weighted by atomic mass is 10.1. The molecule has 2 aromatic heterocycles. The molecule has 1 saturated heterocycles. The molecule has 3 heterocycles. The van der Waals surface area contributed by atoms with E-state index in [1.165, 1.54) is 0 Å². The standard InChI is InChI=1S/C17H15N3OS2/c21-17-14(7-4-9-20(17)12-5-2-1-3-6-12)23-16-15-13(8-10-22-15)18-11-19-16/h1-3,5-6,8,10-11,14H,4,7,9H2. The highest BCUT2D eigenvalue weighted by Crippen LogP contribution is 2.36. The van der Waals surface area contributed by atoms with Gasteiger partial charge < -0.3 is 4.90 Å². The Morgan fingerprint density at radius 3 is 2.91 bits per heavy atom. The number of thiophene rings is 1. The van der Waals surface area contributed by atoms with E-state index < -0.39 is 0 Å². The minimum Gasteiger partial charge on any atom is -0.311 e. The lowest BCUT2D eigenvalue weighted by molar-refractivity contribution is -0.119. The third-order valence-electron chi connectivity index (χ3n) is 3.92. The third-order valence-corrected chi connectivity index (χ3v) is 6.22. The maximum Gasteiger partial charge on any atom is 0.240 e. The van der Waals surface area contributed by atoms with Gasteiger partial charge in [0.2, 0.25) is 5.91 Å². The number of carbonyl (C=O) groups is 1. The number of rotatable bonds is 3. The van der Waals surface area contributed by atoms with Crippen molar-refractivity contribution < 1.29 is 4.79 Å². The molecule has 0 spiro atoms. The first-order chi connectivity index (χ1) is 11.3. The Morgan fingerprint density at radius 2 is 2.04 bits per heavy atom. The molecule has 1 atom stereocenters. The lowest BCUT2D eigenvalue weighted by Gasteiger charge is -2.31. The second kappa shape index (κ2) is 6.29. The molecule has 116 valence electrons. The molecule has 0 radical (unpaired) electrons. The SMILES string of the molecule is O=C1C(Sc2ncnc3ccsc23)CCCN1c1ccccc1. The molecule has 1 amide bonds. The van der Waals surface area contributed by atoms with Crippen LogP contribution in [0.1, 0.15) is 12.8 Å². The highest BCUT2D eigenvalue weighted by Gasteiger charge is 2.31. The first-order valence-corrected chi connectivity index (χ1v) is 9.30. The van der Waals surface area contributed by atoms with E-state index >= 15 is 0 Å². The molecule has 1 unspecified atom stereocenters. The Balaban J connectivity index is 1.59. The predicted molar refractivity (Wildman–Crippen MR) is 95.1 cm³/mol. The summed E-state index contributed by atoms with van der Waals surface area (Å²) >= 11 is 3.20. The molecule has 0 saturated carbocycles. The molecule has 3 aromatic rings. The van der Waals surface area contributed by atoms with E-state index in [0.29, 0.717) is 0 Å². The molecule has 4 nitrogen and oxygen atoms in total. The molecular weight excluding hydrogens is 326 g/mol. The number of hydrogen-bond donors (Lipinski definition) is 0. The summed E-state index contributed by atoms with van der Waals surface area (Å²) in [5.41, 5.74) is 1.93. The fraction of sp³-hybridized carbons (Fsp3) is 0.235. The van der Waals surface area contributed by atoms with Crippen LogP contribution in [-0.4, -0.2) is 27.7 Å². The molecule has 4 rings (SSSR count). The second-order valence-corrected chi connectivity index (χ2v) is 7.50. The fourth-order valence-electron chi connectivity index (χ4n) is 2.80. The molecule has 0 bridgehead atoms. The number of nitrogens with zero attached hydrogens (tertiary/aromatic N) is 3. The number of piperidine rings is 1. The van der Waals surface area contributed by atoms with Crippen molar-refractivity contribution >= 4 is 44.9 Å². The Labute approximate surface area is 142 Å². The van der Waals surface area contributed by atoms with E-state index in [1.54, 1.807) is 29.4 Å². The van der Waals surface area contributed by atoms with Crippen molar-refractivity contribution in [1.82, 2.24) is 9.97 Å². The zero-order valence-electron chi connectivity index (χ0n) is 12.4. The number of para-hydroxylation sites is 1. The van der Waals surface area contributed by atoms with Crippen LogP contribution in [0.15, 0.2) is 53.1 Å². The van der Waals surface area contributed by atoms with Gasteiger partial charge in [-0.25, -0.2) is 9.97 Å². The van der Waals surface area contributed by atoms with E-state index in [1.807, 2.05) is 46.7 Å². The summed E-state index contributed by atoms with van der Waals surface area (Å²) in [4.78, 5) is 23.4. The number of fused-ring (bicyclic) bond motifs is 1. The van der Waals surface area contributed by atoms with Gasteiger partial charge in [0.05, 0.1) is 15.5 Å². The Morgan fingerprint density at radius 1 is 1.17 bits per heavy atom. The van der Waals surface area contributed by atoms with Crippen LogP contribution in [0.4, 0.5) is 5.69 Å². The van der Waals surface area contributed by atoms with Gasteiger partial charge in [-0.2, -0.15) is 0 Å². The molecule has 23 heavy (non-hydrogen) atoms. The summed E-state index contributed by atoms with van der Waals surface area (Å²) in [6.07, 6.45) is 3.49. The Kier molecular flexibility index (Phi) is 4.01. The Bertz CT molecular complexity index is 834. The monoisotopic (exact) mass is 341 g/mol. The smallest absolute Gasteiger partial charge is 0.240 e. The summed E-state index contributed by atoms with van der Waals surface area (Å²) in [7, 11) is 0. The van der Waals surface area contributed by atoms with Crippen LogP contribution in [0.3, 0.4) is 0 Å². The van der Waals surface area contributed by atoms with Gasteiger partial charge in [-0.3, -0.25) is 4.79 Å². The summed E-state index contributed by atoms with van der Waals surface area (Å²) in [6.45, 7) is 0.790. The minimum absolute atomic E-state index is 0.0795. The van der Waals surface area contributed by atoms with Crippen molar-refractivity contribution in [3.05, 3.63) is 48.1 Å². The zero-order chi connectivity index (χ0) is 15.6. The van der Waals surface area contributed by atoms with Crippen LogP contribution < -0.4 is 4.90 Å². The van der Waals surface area contributed by atoms with Gasteiger partial charge in [0.25, 0.3) is 0 Å². The Hall–Kier alpha value is -1.92. The number of thioether (sulfide) groups is 1. The van der Waals surface area contributed by atoms with E-state index in [2.05, 4.69) is 9.97 Å². The van der Waals surface area contributed by atoms with Gasteiger partial charge in [0.15, 0.2) is 0 Å². The number of hydrogen-bond acceptors (Lipinski definition) is 5. The van der Waals surface area contributed by atoms with Crippen molar-refractivity contribution in [2.45, 2.75) is 23.1 Å². The first kappa shape index (κ1) is 14.7. The average molecular weight is 341 g/mol. The number of carbonyl (C=O) groups excluding carboxylic acids is 1. The number of anilines is 1. The molecule has 0 aliphatic carbocycles. The topological polar surface area (TPSA) is 46.1 Å². The second-order valence-electron chi connectivity index (χ2n) is 5.39. The average Bonchev–Trinajstić information content (AvgIpc) is 3.07. The number of amides is 1. The highest BCUT2D eigenvalue weighted by atomic mass is 32.2. The van der Waals surface area contributed by atoms with Crippen molar-refractivity contribution in [1.29, 1.82) is 0 Å². The van der Waals surface area contributed by atoms with Crippen LogP contribution in [0, 0.1) is 0 Å². The van der Waals surface area contributed by atoms with Gasteiger partial charge in [-0.05, 0) is 36.4 Å². The summed E-state index contributed by atoms with van der Waals surface area (Å²) < 4.78 is 1.07. The number of benzene rings is 1.